The fourth-order valence-electron chi connectivity index (χ4n) is 1.01. The van der Waals surface area contributed by atoms with E-state index >= 15 is 0 Å². The number of hydrogen-bond acceptors (Lipinski definition) is 2. The molecular weight excluding hydrogens is 166 g/mol. The number of nitrogens with one attached hydrogen (secondary N) is 1. The lowest BCUT2D eigenvalue weighted by molar-refractivity contribution is -0.119. The molecule has 0 bridgehead atoms. The maximum atomic E-state index is 10.7. The molecule has 1 aromatic carbocycles. The summed E-state index contributed by atoms with van der Waals surface area (Å²) in [4.78, 5) is 21.0. The van der Waals surface area contributed by atoms with Crippen LogP contribution in [0.5, 0.6) is 0 Å². The molecule has 0 aromatic heterocycles. The van der Waals surface area contributed by atoms with E-state index in [0.29, 0.717) is 5.56 Å². The second kappa shape index (κ2) is 3.85. The van der Waals surface area contributed by atoms with Crippen LogP contribution in [0.1, 0.15) is 28.8 Å². The minimum atomic E-state index is -0.612. The minimum Gasteiger partial charge on any atom is -0.298 e. The fraction of sp³-hybridized carbons (Fsp3) is 0.200. The smallest absolute Gasteiger partial charge is 0.245 e. The molecule has 0 aliphatic rings. The molecule has 1 rings (SSSR count). The first-order valence-electron chi connectivity index (χ1n) is 3.95. The highest BCUT2D eigenvalue weighted by Gasteiger charge is 2.11. The maximum absolute atomic E-state index is 10.7. The summed E-state index contributed by atoms with van der Waals surface area (Å²) < 4.78 is 0. The quantitative estimate of drug-likeness (QED) is 0.654. The molecule has 1 amide bonds. The summed E-state index contributed by atoms with van der Waals surface area (Å²) >= 11 is 0. The van der Waals surface area contributed by atoms with E-state index in [0.717, 1.165) is 11.8 Å². The highest BCUT2D eigenvalue weighted by molar-refractivity contribution is 5.81. The average molecular weight is 176 g/mol. The highest BCUT2D eigenvalue weighted by Crippen LogP contribution is 2.14. The largest absolute Gasteiger partial charge is 0.298 e. The Bertz CT molecular complexity index is 316. The summed E-state index contributed by atoms with van der Waals surface area (Å²) in [6.45, 7) is 1.67. The van der Waals surface area contributed by atoms with Crippen LogP contribution in [0.3, 0.4) is 0 Å². The monoisotopic (exact) mass is 176 g/mol. The van der Waals surface area contributed by atoms with Gasteiger partial charge in [-0.3, -0.25) is 15.3 Å². The molecule has 1 unspecified atom stereocenters. The van der Waals surface area contributed by atoms with Crippen molar-refractivity contribution in [2.24, 2.45) is 0 Å². The number of amides is 1. The SMILES string of the molecule is CC(C([NH])=O)c1ccc(C=O)cc1. The second-order valence-electron chi connectivity index (χ2n) is 2.87. The van der Waals surface area contributed by atoms with Gasteiger partial charge in [0.1, 0.15) is 6.29 Å². The minimum absolute atomic E-state index is 0.416. The molecule has 3 heteroatoms. The molecule has 0 saturated heterocycles. The van der Waals surface area contributed by atoms with Gasteiger partial charge >= 0.3 is 0 Å². The molecule has 0 fully saturated rings. The topological polar surface area (TPSA) is 57.9 Å². The lowest BCUT2D eigenvalue weighted by Crippen LogP contribution is -2.09. The molecule has 3 nitrogen and oxygen atoms in total. The molecule has 0 saturated carbocycles. The highest BCUT2D eigenvalue weighted by atomic mass is 16.1. The van der Waals surface area contributed by atoms with Gasteiger partial charge in [0.05, 0.1) is 5.92 Å². The van der Waals surface area contributed by atoms with Gasteiger partial charge in [-0.2, -0.15) is 0 Å². The zero-order valence-corrected chi connectivity index (χ0v) is 7.28. The van der Waals surface area contributed by atoms with Crippen LogP contribution in [0.25, 0.3) is 0 Å². The summed E-state index contributed by atoms with van der Waals surface area (Å²) in [5.74, 6) is -1.03. The van der Waals surface area contributed by atoms with Crippen molar-refractivity contribution in [2.75, 3.05) is 0 Å². The van der Waals surface area contributed by atoms with Gasteiger partial charge in [0, 0.05) is 5.56 Å². The molecule has 67 valence electrons. The van der Waals surface area contributed by atoms with Crippen LogP contribution >= 0.6 is 0 Å². The number of carbonyl (C=O) groups is 2. The van der Waals surface area contributed by atoms with E-state index in [-0.39, 0.29) is 0 Å². The van der Waals surface area contributed by atoms with Crippen LogP contribution in [0.4, 0.5) is 0 Å². The van der Waals surface area contributed by atoms with Crippen molar-refractivity contribution >= 4 is 12.2 Å². The molecule has 1 N–H and O–H groups in total. The van der Waals surface area contributed by atoms with E-state index in [2.05, 4.69) is 0 Å². The summed E-state index contributed by atoms with van der Waals surface area (Å²) in [7, 11) is 0. The molecule has 1 radical (unpaired) electrons. The zero-order chi connectivity index (χ0) is 9.84. The summed E-state index contributed by atoms with van der Waals surface area (Å²) in [6.07, 6.45) is 0.747. The van der Waals surface area contributed by atoms with Gasteiger partial charge in [0.25, 0.3) is 0 Å². The Morgan fingerprint density at radius 3 is 2.31 bits per heavy atom. The Labute approximate surface area is 76.6 Å². The Morgan fingerprint density at radius 2 is 1.92 bits per heavy atom. The van der Waals surface area contributed by atoms with Crippen molar-refractivity contribution in [1.29, 1.82) is 0 Å². The van der Waals surface area contributed by atoms with Crippen molar-refractivity contribution in [3.8, 4) is 0 Å². The van der Waals surface area contributed by atoms with Gasteiger partial charge in [0.2, 0.25) is 5.91 Å². The van der Waals surface area contributed by atoms with E-state index < -0.39 is 11.8 Å². The number of hydrogen-bond donors (Lipinski definition) is 0. The predicted octanol–water partition coefficient (Wildman–Crippen LogP) is 1.41. The molecule has 0 spiro atoms. The van der Waals surface area contributed by atoms with Gasteiger partial charge < -0.3 is 0 Å². The van der Waals surface area contributed by atoms with Crippen LogP contribution in [0.15, 0.2) is 24.3 Å². The maximum Gasteiger partial charge on any atom is 0.245 e. The van der Waals surface area contributed by atoms with E-state index in [1.54, 1.807) is 31.2 Å². The lowest BCUT2D eigenvalue weighted by Gasteiger charge is -2.05. The number of rotatable bonds is 3. The van der Waals surface area contributed by atoms with E-state index in [9.17, 15) is 9.59 Å². The third-order valence-electron chi connectivity index (χ3n) is 1.97. The molecule has 13 heavy (non-hydrogen) atoms. The first-order chi connectivity index (χ1) is 6.15. The molecule has 0 heterocycles. The summed E-state index contributed by atoms with van der Waals surface area (Å²) in [5, 5.41) is 0. The van der Waals surface area contributed by atoms with Gasteiger partial charge in [-0.1, -0.05) is 24.3 Å². The van der Waals surface area contributed by atoms with Gasteiger partial charge in [0.15, 0.2) is 0 Å². The second-order valence-corrected chi connectivity index (χ2v) is 2.87. The van der Waals surface area contributed by atoms with Crippen LogP contribution in [0.2, 0.25) is 0 Å². The van der Waals surface area contributed by atoms with Crippen molar-refractivity contribution in [3.63, 3.8) is 0 Å². The number of aldehydes is 1. The Balaban J connectivity index is 2.91. The van der Waals surface area contributed by atoms with Crippen molar-refractivity contribution in [2.45, 2.75) is 12.8 Å². The predicted molar refractivity (Wildman–Crippen MR) is 48.3 cm³/mol. The Morgan fingerprint density at radius 1 is 1.38 bits per heavy atom. The van der Waals surface area contributed by atoms with E-state index in [4.69, 9.17) is 5.73 Å². The normalized spacial score (nSPS) is 12.1. The average Bonchev–Trinajstić information content (AvgIpc) is 2.17. The van der Waals surface area contributed by atoms with E-state index in [1.165, 1.54) is 0 Å². The van der Waals surface area contributed by atoms with Crippen molar-refractivity contribution in [3.05, 3.63) is 35.4 Å². The number of carbonyl (C=O) groups excluding carboxylic acids is 2. The van der Waals surface area contributed by atoms with Gasteiger partial charge in [-0.25, -0.2) is 0 Å². The zero-order valence-electron chi connectivity index (χ0n) is 7.28. The standard InChI is InChI=1S/C10H10NO2/c1-7(10(11)13)9-4-2-8(6-12)3-5-9/h2-7,11H,1H3. The first kappa shape index (κ1) is 9.45. The molecule has 1 aromatic rings. The van der Waals surface area contributed by atoms with Gasteiger partial charge in [-0.05, 0) is 12.5 Å². The lowest BCUT2D eigenvalue weighted by atomic mass is 10.00. The third kappa shape index (κ3) is 2.15. The molecular formula is C10H10NO2. The third-order valence-corrected chi connectivity index (χ3v) is 1.97. The first-order valence-corrected chi connectivity index (χ1v) is 3.95. The fourth-order valence-corrected chi connectivity index (χ4v) is 1.01. The van der Waals surface area contributed by atoms with Crippen LogP contribution < -0.4 is 5.73 Å². The van der Waals surface area contributed by atoms with Crippen LogP contribution in [0, 0.1) is 0 Å². The summed E-state index contributed by atoms with van der Waals surface area (Å²) in [6, 6.07) is 6.67. The van der Waals surface area contributed by atoms with E-state index in [1.807, 2.05) is 0 Å². The Hall–Kier alpha value is -1.64. The van der Waals surface area contributed by atoms with Crippen molar-refractivity contribution in [1.82, 2.24) is 5.73 Å². The van der Waals surface area contributed by atoms with Crippen LogP contribution in [-0.2, 0) is 4.79 Å². The van der Waals surface area contributed by atoms with Gasteiger partial charge in [-0.15, -0.1) is 0 Å². The molecule has 0 aliphatic heterocycles. The molecule has 1 atom stereocenters. The molecule has 0 aliphatic carbocycles. The van der Waals surface area contributed by atoms with Crippen LogP contribution in [-0.4, -0.2) is 12.2 Å². The summed E-state index contributed by atoms with van der Waals surface area (Å²) in [5.41, 5.74) is 8.26. The van der Waals surface area contributed by atoms with Crippen molar-refractivity contribution < 1.29 is 9.59 Å². The Kier molecular flexibility index (Phi) is 2.80. The number of benzene rings is 1.